The van der Waals surface area contributed by atoms with Crippen LogP contribution in [0, 0.1) is 11.5 Å². The molecule has 30 heavy (non-hydrogen) atoms. The molecule has 158 valence electrons. The maximum atomic E-state index is 12.6. The lowest BCUT2D eigenvalue weighted by molar-refractivity contribution is -0.137. The highest BCUT2D eigenvalue weighted by Gasteiger charge is 2.30. The van der Waals surface area contributed by atoms with Crippen LogP contribution in [0.1, 0.15) is 40.7 Å². The van der Waals surface area contributed by atoms with Crippen molar-refractivity contribution >= 4 is 23.7 Å². The molecule has 0 radical (unpaired) electrons. The van der Waals surface area contributed by atoms with Crippen molar-refractivity contribution < 1.29 is 18.0 Å². The van der Waals surface area contributed by atoms with E-state index in [2.05, 4.69) is 21.8 Å². The molecule has 0 bridgehead atoms. The highest BCUT2D eigenvalue weighted by Crippen LogP contribution is 2.38. The van der Waals surface area contributed by atoms with Gasteiger partial charge in [-0.05, 0) is 97.0 Å². The molecule has 2 aliphatic rings. The number of fused-ring (bicyclic) bond motifs is 2. The first-order chi connectivity index (χ1) is 14.3. The number of carbonyl (C=O) groups excluding carboxylic acids is 1. The molecule has 5 nitrogen and oxygen atoms in total. The van der Waals surface area contributed by atoms with Crippen LogP contribution in [0.4, 0.5) is 23.7 Å². The van der Waals surface area contributed by atoms with E-state index in [0.29, 0.717) is 4.90 Å². The topological polar surface area (TPSA) is 90.9 Å². The first-order valence-electron chi connectivity index (χ1n) is 9.50. The molecule has 2 aromatic rings. The van der Waals surface area contributed by atoms with Gasteiger partial charge < -0.3 is 11.1 Å². The summed E-state index contributed by atoms with van der Waals surface area (Å²) in [6, 6.07) is 6.68. The second-order valence-corrected chi connectivity index (χ2v) is 7.92. The van der Waals surface area contributed by atoms with Crippen LogP contribution in [-0.4, -0.2) is 6.03 Å². The fraction of sp³-hybridized carbons (Fsp3) is 0.333. The zero-order chi connectivity index (χ0) is 21.7. The van der Waals surface area contributed by atoms with E-state index in [0.717, 1.165) is 68.3 Å². The van der Waals surface area contributed by atoms with Crippen LogP contribution in [0.2, 0.25) is 0 Å². The van der Waals surface area contributed by atoms with Gasteiger partial charge in [0, 0.05) is 10.6 Å². The number of nitrogens with two attached hydrogens (primary N) is 1. The number of halogens is 3. The zero-order valence-corrected chi connectivity index (χ0v) is 16.9. The Morgan fingerprint density at radius 2 is 1.57 bits per heavy atom. The van der Waals surface area contributed by atoms with E-state index in [4.69, 9.17) is 5.26 Å². The average molecular weight is 434 g/mol. The van der Waals surface area contributed by atoms with E-state index < -0.39 is 11.7 Å². The number of urea groups is 1. The molecule has 0 unspecified atom stereocenters. The first-order valence-corrected chi connectivity index (χ1v) is 10.3. The van der Waals surface area contributed by atoms with Gasteiger partial charge in [-0.15, -0.1) is 0 Å². The van der Waals surface area contributed by atoms with Crippen LogP contribution in [0.5, 0.6) is 0 Å². The van der Waals surface area contributed by atoms with Crippen molar-refractivity contribution in [2.45, 2.75) is 49.6 Å². The van der Waals surface area contributed by atoms with Gasteiger partial charge in [0.1, 0.15) is 0 Å². The van der Waals surface area contributed by atoms with Crippen LogP contribution in [0.15, 0.2) is 35.2 Å². The van der Waals surface area contributed by atoms with Gasteiger partial charge in [0.05, 0.1) is 5.56 Å². The summed E-state index contributed by atoms with van der Waals surface area (Å²) in [5, 5.41) is 10.1. The SMILES string of the molecule is N#CN.O=C(NSc1ccc(C(F)(F)F)cc1)Nc1c2c(cc3c1CCC3)CCC2. The quantitative estimate of drug-likeness (QED) is 0.363. The molecule has 4 N–H and O–H groups in total. The van der Waals surface area contributed by atoms with Gasteiger partial charge >= 0.3 is 12.2 Å². The molecule has 0 saturated carbocycles. The monoisotopic (exact) mass is 434 g/mol. The predicted octanol–water partition coefficient (Wildman–Crippen LogP) is 4.94. The Morgan fingerprint density at radius 3 is 2.07 bits per heavy atom. The van der Waals surface area contributed by atoms with Crippen LogP contribution in [0.3, 0.4) is 0 Å². The molecule has 0 aliphatic heterocycles. The summed E-state index contributed by atoms with van der Waals surface area (Å²) in [4.78, 5) is 12.9. The van der Waals surface area contributed by atoms with Crippen LogP contribution in [-0.2, 0) is 31.9 Å². The van der Waals surface area contributed by atoms with Crippen LogP contribution < -0.4 is 15.8 Å². The van der Waals surface area contributed by atoms with Gasteiger partial charge in [0.25, 0.3) is 0 Å². The number of hydrogen-bond donors (Lipinski definition) is 3. The Balaban J connectivity index is 0.000000806. The molecule has 0 heterocycles. The van der Waals surface area contributed by atoms with Crippen LogP contribution in [0.25, 0.3) is 0 Å². The van der Waals surface area contributed by atoms with Crippen molar-refractivity contribution in [1.82, 2.24) is 4.72 Å². The molecule has 0 saturated heterocycles. The summed E-state index contributed by atoms with van der Waals surface area (Å²) in [5.74, 6) is 0. The number of nitriles is 1. The molecule has 2 amide bonds. The van der Waals surface area contributed by atoms with Gasteiger partial charge in [-0.3, -0.25) is 4.72 Å². The summed E-state index contributed by atoms with van der Waals surface area (Å²) in [6.07, 6.45) is 3.17. The molecule has 0 aromatic heterocycles. The lowest BCUT2D eigenvalue weighted by Crippen LogP contribution is -2.24. The normalized spacial score (nSPS) is 14.1. The maximum absolute atomic E-state index is 12.6. The second kappa shape index (κ2) is 9.30. The molecule has 2 aliphatic carbocycles. The van der Waals surface area contributed by atoms with E-state index >= 15 is 0 Å². The summed E-state index contributed by atoms with van der Waals surface area (Å²) in [5.41, 5.74) is 9.55. The summed E-state index contributed by atoms with van der Waals surface area (Å²) in [7, 11) is 0. The van der Waals surface area contributed by atoms with Crippen molar-refractivity contribution in [3.8, 4) is 6.19 Å². The summed E-state index contributed by atoms with van der Waals surface area (Å²) < 4.78 is 40.5. The minimum absolute atomic E-state index is 0.353. The molecule has 0 fully saturated rings. The second-order valence-electron chi connectivity index (χ2n) is 7.04. The Labute approximate surface area is 177 Å². The number of rotatable bonds is 3. The van der Waals surface area contributed by atoms with Crippen molar-refractivity contribution in [3.05, 3.63) is 58.1 Å². The molecule has 4 rings (SSSR count). The van der Waals surface area contributed by atoms with Gasteiger partial charge in [-0.25, -0.2) is 4.79 Å². The molecule has 0 atom stereocenters. The van der Waals surface area contributed by atoms with E-state index in [1.807, 2.05) is 0 Å². The third-order valence-corrected chi connectivity index (χ3v) is 5.95. The van der Waals surface area contributed by atoms with E-state index in [1.54, 1.807) is 0 Å². The number of carbonyl (C=O) groups is 1. The van der Waals surface area contributed by atoms with Crippen molar-refractivity contribution in [1.29, 1.82) is 5.26 Å². The number of hydrogen-bond acceptors (Lipinski definition) is 4. The molecule has 2 aromatic carbocycles. The van der Waals surface area contributed by atoms with Gasteiger partial charge in [0.15, 0.2) is 6.19 Å². The maximum Gasteiger partial charge on any atom is 0.416 e. The highest BCUT2D eigenvalue weighted by molar-refractivity contribution is 7.98. The Morgan fingerprint density at radius 1 is 1.03 bits per heavy atom. The number of alkyl halides is 3. The van der Waals surface area contributed by atoms with Crippen molar-refractivity contribution in [2.75, 3.05) is 5.32 Å². The minimum Gasteiger partial charge on any atom is -0.337 e. The molecule has 0 spiro atoms. The summed E-state index contributed by atoms with van der Waals surface area (Å²) >= 11 is 1.00. The third kappa shape index (κ3) is 5.00. The Kier molecular flexibility index (Phi) is 6.77. The van der Waals surface area contributed by atoms with Crippen molar-refractivity contribution in [3.63, 3.8) is 0 Å². The van der Waals surface area contributed by atoms with E-state index in [9.17, 15) is 18.0 Å². The van der Waals surface area contributed by atoms with E-state index in [1.165, 1.54) is 40.6 Å². The number of benzene rings is 2. The number of nitrogens with zero attached hydrogens (tertiary/aromatic N) is 1. The number of anilines is 1. The largest absolute Gasteiger partial charge is 0.416 e. The van der Waals surface area contributed by atoms with Gasteiger partial charge in [-0.2, -0.15) is 18.4 Å². The number of aryl methyl sites for hydroxylation is 2. The number of amides is 2. The Bertz CT molecular complexity index is 936. The fourth-order valence-electron chi connectivity index (χ4n) is 3.92. The zero-order valence-electron chi connectivity index (χ0n) is 16.1. The van der Waals surface area contributed by atoms with Gasteiger partial charge in [-0.1, -0.05) is 6.07 Å². The third-order valence-electron chi connectivity index (χ3n) is 5.15. The molecular formula is C21H21F3N4OS. The predicted molar refractivity (Wildman–Crippen MR) is 110 cm³/mol. The lowest BCUT2D eigenvalue weighted by Gasteiger charge is -2.16. The van der Waals surface area contributed by atoms with Gasteiger partial charge in [0.2, 0.25) is 0 Å². The molecule has 9 heteroatoms. The standard InChI is InChI=1S/C20H19F3N2OS.CH2N2/c21-20(22,23)14-7-9-15(10-8-14)27-25-19(26)24-18-16-5-1-3-12(16)11-13-4-2-6-17(13)18;2-1-3/h7-11H,1-6H2,(H2,24,25,26);2H2. The lowest BCUT2D eigenvalue weighted by atomic mass is 9.99. The highest BCUT2D eigenvalue weighted by atomic mass is 32.2. The summed E-state index contributed by atoms with van der Waals surface area (Å²) in [6.45, 7) is 0. The van der Waals surface area contributed by atoms with E-state index in [-0.39, 0.29) is 6.03 Å². The van der Waals surface area contributed by atoms with Crippen LogP contribution >= 0.6 is 11.9 Å². The smallest absolute Gasteiger partial charge is 0.337 e. The first kappa shape index (κ1) is 21.8. The number of nitrogens with one attached hydrogen (secondary N) is 2. The minimum atomic E-state index is -4.36. The fourth-order valence-corrected chi connectivity index (χ4v) is 4.46. The Hall–Kier alpha value is -2.86. The molecular weight excluding hydrogens is 413 g/mol. The van der Waals surface area contributed by atoms with Crippen molar-refractivity contribution in [2.24, 2.45) is 5.73 Å². The average Bonchev–Trinajstić information content (AvgIpc) is 3.35.